The van der Waals surface area contributed by atoms with Gasteiger partial charge in [-0.1, -0.05) is 31.1 Å². The highest BCUT2D eigenvalue weighted by Crippen LogP contribution is 2.22. The second kappa shape index (κ2) is 7.09. The van der Waals surface area contributed by atoms with Crippen LogP contribution in [0.4, 0.5) is 0 Å². The van der Waals surface area contributed by atoms with E-state index >= 15 is 0 Å². The fourth-order valence-corrected chi connectivity index (χ4v) is 3.01. The molecule has 0 bridgehead atoms. The molecule has 6 nitrogen and oxygen atoms in total. The number of hydrogen-bond acceptors (Lipinski definition) is 4. The van der Waals surface area contributed by atoms with Gasteiger partial charge in [-0.15, -0.1) is 0 Å². The van der Waals surface area contributed by atoms with E-state index in [0.717, 1.165) is 34.5 Å². The van der Waals surface area contributed by atoms with Crippen molar-refractivity contribution in [3.63, 3.8) is 0 Å². The quantitative estimate of drug-likeness (QED) is 0.718. The molecule has 0 saturated carbocycles. The maximum atomic E-state index is 12.6. The number of carbonyl (C=O) groups is 1. The molecule has 2 heterocycles. The molecule has 3 rings (SSSR count). The van der Waals surface area contributed by atoms with Crippen LogP contribution in [-0.4, -0.2) is 21.0 Å². The Labute approximate surface area is 147 Å². The van der Waals surface area contributed by atoms with Crippen LogP contribution in [0.25, 0.3) is 11.0 Å². The summed E-state index contributed by atoms with van der Waals surface area (Å²) in [5.74, 6) is 1.86. The minimum atomic E-state index is -0.152. The van der Waals surface area contributed by atoms with E-state index in [0.29, 0.717) is 11.7 Å². The van der Waals surface area contributed by atoms with E-state index in [2.05, 4.69) is 34.3 Å². The molecule has 0 spiro atoms. The molecule has 1 atom stereocenters. The number of imidazole rings is 1. The summed E-state index contributed by atoms with van der Waals surface area (Å²) < 4.78 is 5.14. The lowest BCUT2D eigenvalue weighted by Gasteiger charge is -2.18. The van der Waals surface area contributed by atoms with Crippen LogP contribution in [0.15, 0.2) is 28.8 Å². The number of aryl methyl sites for hydroxylation is 2. The van der Waals surface area contributed by atoms with Gasteiger partial charge in [-0.2, -0.15) is 0 Å². The summed E-state index contributed by atoms with van der Waals surface area (Å²) in [6.45, 7) is 7.95. The Morgan fingerprint density at radius 2 is 2.04 bits per heavy atom. The van der Waals surface area contributed by atoms with E-state index < -0.39 is 0 Å². The first-order valence-corrected chi connectivity index (χ1v) is 8.59. The van der Waals surface area contributed by atoms with Crippen molar-refractivity contribution >= 4 is 16.9 Å². The van der Waals surface area contributed by atoms with Gasteiger partial charge in [-0.25, -0.2) is 4.98 Å². The molecule has 132 valence electrons. The van der Waals surface area contributed by atoms with Crippen LogP contribution < -0.4 is 5.32 Å². The van der Waals surface area contributed by atoms with Crippen LogP contribution in [-0.2, 0) is 11.2 Å². The third-order valence-corrected chi connectivity index (χ3v) is 4.30. The molecule has 0 radical (unpaired) electrons. The number of aromatic nitrogens is 3. The third-order valence-electron chi connectivity index (χ3n) is 4.30. The summed E-state index contributed by atoms with van der Waals surface area (Å²) in [5, 5.41) is 7.03. The number of H-pyrrole nitrogens is 1. The first kappa shape index (κ1) is 17.2. The van der Waals surface area contributed by atoms with E-state index in [4.69, 9.17) is 4.52 Å². The molecule has 0 fully saturated rings. The van der Waals surface area contributed by atoms with Crippen LogP contribution in [0.2, 0.25) is 0 Å². The molecule has 2 aromatic heterocycles. The Balaban J connectivity index is 1.79. The first-order chi connectivity index (χ1) is 11.9. The number of nitrogens with zero attached hydrogens (tertiary/aromatic N) is 2. The Kier molecular flexibility index (Phi) is 4.88. The number of hydrogen-bond donors (Lipinski definition) is 2. The lowest BCUT2D eigenvalue weighted by molar-refractivity contribution is -0.121. The summed E-state index contributed by atoms with van der Waals surface area (Å²) in [7, 11) is 0. The van der Waals surface area contributed by atoms with Crippen molar-refractivity contribution < 1.29 is 9.32 Å². The SMILES string of the molecule is Cc1noc(C)c1CC(=O)N[C@H](CC(C)C)c1nc2ccccc2[nH]1. The van der Waals surface area contributed by atoms with Crippen molar-refractivity contribution in [3.05, 3.63) is 47.1 Å². The zero-order valence-electron chi connectivity index (χ0n) is 15.1. The van der Waals surface area contributed by atoms with Gasteiger partial charge in [0.15, 0.2) is 0 Å². The lowest BCUT2D eigenvalue weighted by atomic mass is 10.0. The highest BCUT2D eigenvalue weighted by atomic mass is 16.5. The highest BCUT2D eigenvalue weighted by molar-refractivity contribution is 5.80. The molecular weight excluding hydrogens is 316 g/mol. The largest absolute Gasteiger partial charge is 0.361 e. The fourth-order valence-electron chi connectivity index (χ4n) is 3.01. The molecule has 6 heteroatoms. The van der Waals surface area contributed by atoms with E-state index in [1.54, 1.807) is 0 Å². The standard InChI is InChI=1S/C19H24N4O2/c1-11(2)9-17(19-21-15-7-5-6-8-16(15)22-19)20-18(24)10-14-12(3)23-25-13(14)4/h5-8,11,17H,9-10H2,1-4H3,(H,20,24)(H,21,22)/t17-/m1/s1. The molecule has 1 amide bonds. The van der Waals surface area contributed by atoms with Crippen molar-refractivity contribution in [1.82, 2.24) is 20.4 Å². The van der Waals surface area contributed by atoms with Crippen molar-refractivity contribution in [2.75, 3.05) is 0 Å². The van der Waals surface area contributed by atoms with Gasteiger partial charge < -0.3 is 14.8 Å². The fraction of sp³-hybridized carbons (Fsp3) is 0.421. The molecule has 2 N–H and O–H groups in total. The van der Waals surface area contributed by atoms with E-state index in [1.807, 2.05) is 38.1 Å². The Hall–Kier alpha value is -2.63. The second-order valence-corrected chi connectivity index (χ2v) is 6.87. The molecule has 3 aromatic rings. The Bertz CT molecular complexity index is 826. The number of benzene rings is 1. The Morgan fingerprint density at radius 1 is 1.28 bits per heavy atom. The van der Waals surface area contributed by atoms with Gasteiger partial charge in [-0.05, 0) is 38.3 Å². The predicted molar refractivity (Wildman–Crippen MR) is 96.1 cm³/mol. The van der Waals surface area contributed by atoms with Crippen LogP contribution in [0.5, 0.6) is 0 Å². The summed E-state index contributed by atoms with van der Waals surface area (Å²) in [4.78, 5) is 20.6. The van der Waals surface area contributed by atoms with Gasteiger partial charge in [0.1, 0.15) is 11.6 Å². The molecular formula is C19H24N4O2. The highest BCUT2D eigenvalue weighted by Gasteiger charge is 2.21. The number of carbonyl (C=O) groups excluding carboxylic acids is 1. The number of para-hydroxylation sites is 2. The average molecular weight is 340 g/mol. The molecule has 0 aliphatic rings. The van der Waals surface area contributed by atoms with E-state index in [1.165, 1.54) is 0 Å². The lowest BCUT2D eigenvalue weighted by Crippen LogP contribution is -2.31. The van der Waals surface area contributed by atoms with E-state index in [9.17, 15) is 4.79 Å². The maximum absolute atomic E-state index is 12.6. The predicted octanol–water partition coefficient (Wildman–Crippen LogP) is 3.61. The van der Waals surface area contributed by atoms with E-state index in [-0.39, 0.29) is 18.4 Å². The molecule has 0 aliphatic heterocycles. The smallest absolute Gasteiger partial charge is 0.225 e. The molecule has 0 aliphatic carbocycles. The zero-order chi connectivity index (χ0) is 18.0. The van der Waals surface area contributed by atoms with Gasteiger partial charge in [0.05, 0.1) is 29.2 Å². The summed E-state index contributed by atoms with van der Waals surface area (Å²) in [6.07, 6.45) is 1.07. The topological polar surface area (TPSA) is 83.8 Å². The van der Waals surface area contributed by atoms with Gasteiger partial charge in [-0.3, -0.25) is 4.79 Å². The minimum absolute atomic E-state index is 0.0551. The number of aromatic amines is 1. The van der Waals surface area contributed by atoms with Crippen molar-refractivity contribution in [1.29, 1.82) is 0 Å². The van der Waals surface area contributed by atoms with Gasteiger partial charge in [0.2, 0.25) is 5.91 Å². The zero-order valence-corrected chi connectivity index (χ0v) is 15.1. The van der Waals surface area contributed by atoms with Gasteiger partial charge in [0.25, 0.3) is 0 Å². The van der Waals surface area contributed by atoms with Crippen LogP contribution in [0, 0.1) is 19.8 Å². The monoisotopic (exact) mass is 340 g/mol. The van der Waals surface area contributed by atoms with Gasteiger partial charge in [0, 0.05) is 5.56 Å². The number of nitrogens with one attached hydrogen (secondary N) is 2. The van der Waals surface area contributed by atoms with Gasteiger partial charge >= 0.3 is 0 Å². The molecule has 0 saturated heterocycles. The summed E-state index contributed by atoms with van der Waals surface area (Å²) >= 11 is 0. The Morgan fingerprint density at radius 3 is 2.68 bits per heavy atom. The second-order valence-electron chi connectivity index (χ2n) is 6.87. The van der Waals surface area contributed by atoms with Crippen molar-refractivity contribution in [3.8, 4) is 0 Å². The van der Waals surface area contributed by atoms with Crippen LogP contribution in [0.1, 0.15) is 49.2 Å². The maximum Gasteiger partial charge on any atom is 0.225 e. The summed E-state index contributed by atoms with van der Waals surface area (Å²) in [6, 6.07) is 7.73. The molecule has 0 unspecified atom stereocenters. The third kappa shape index (κ3) is 3.90. The number of amides is 1. The minimum Gasteiger partial charge on any atom is -0.361 e. The van der Waals surface area contributed by atoms with Crippen LogP contribution >= 0.6 is 0 Å². The first-order valence-electron chi connectivity index (χ1n) is 8.59. The molecule has 1 aromatic carbocycles. The summed E-state index contributed by atoms with van der Waals surface area (Å²) in [5.41, 5.74) is 3.50. The normalized spacial score (nSPS) is 12.7. The number of rotatable bonds is 6. The molecule has 25 heavy (non-hydrogen) atoms. The van der Waals surface area contributed by atoms with Crippen molar-refractivity contribution in [2.24, 2.45) is 5.92 Å². The number of fused-ring (bicyclic) bond motifs is 1. The average Bonchev–Trinajstić information content (AvgIpc) is 3.12. The van der Waals surface area contributed by atoms with Crippen LogP contribution in [0.3, 0.4) is 0 Å². The van der Waals surface area contributed by atoms with Crippen molar-refractivity contribution in [2.45, 2.75) is 46.6 Å².